The lowest BCUT2D eigenvalue weighted by atomic mass is 10.00. The molecule has 0 bridgehead atoms. The number of aliphatic hydroxyl groups is 1. The highest BCUT2D eigenvalue weighted by atomic mass is 35.5. The van der Waals surface area contributed by atoms with E-state index in [0.29, 0.717) is 4.97 Å². The lowest BCUT2D eigenvalue weighted by Crippen LogP contribution is -2.43. The zero-order valence-electron chi connectivity index (χ0n) is 10.1. The maximum atomic E-state index is 11.4. The van der Waals surface area contributed by atoms with Crippen LogP contribution >= 0.6 is 11.6 Å². The van der Waals surface area contributed by atoms with Crippen LogP contribution in [0.15, 0.2) is 5.28 Å². The molecular weight excluding hydrogens is 234 g/mol. The molecule has 0 spiro atoms. The first-order chi connectivity index (χ1) is 7.43. The minimum Gasteiger partial charge on any atom is -0.569 e. The van der Waals surface area contributed by atoms with E-state index in [1.165, 1.54) is 5.01 Å². The Morgan fingerprint density at radius 3 is 2.50 bits per heavy atom. The Labute approximate surface area is 101 Å². The van der Waals surface area contributed by atoms with Gasteiger partial charge in [-0.3, -0.25) is 0 Å². The summed E-state index contributed by atoms with van der Waals surface area (Å²) in [5, 5.41) is 25.2. The van der Waals surface area contributed by atoms with Crippen molar-refractivity contribution in [1.29, 1.82) is 0 Å². The van der Waals surface area contributed by atoms with Crippen molar-refractivity contribution in [3.63, 3.8) is 0 Å². The van der Waals surface area contributed by atoms with Gasteiger partial charge in [-0.25, -0.2) is 0 Å². The number of hydrogen-bond donors (Lipinski definition) is 1. The van der Waals surface area contributed by atoms with Gasteiger partial charge in [-0.15, -0.1) is 5.01 Å². The monoisotopic (exact) mass is 253 g/mol. The van der Waals surface area contributed by atoms with Gasteiger partial charge < -0.3 is 15.2 Å². The first-order valence-corrected chi connectivity index (χ1v) is 5.69. The summed E-state index contributed by atoms with van der Waals surface area (Å²) < 4.78 is 0. The molecule has 1 unspecified atom stereocenters. The number of hydrazine groups is 1. The molecule has 96 valence electrons. The van der Waals surface area contributed by atoms with Crippen LogP contribution < -0.4 is 0 Å². The van der Waals surface area contributed by atoms with E-state index in [0.717, 1.165) is 6.42 Å². The molecule has 0 aromatic carbocycles. The van der Waals surface area contributed by atoms with E-state index in [2.05, 4.69) is 10.1 Å². The average molecular weight is 254 g/mol. The SMILES string of the molecule is CC[C@@H](C)[C@@H](CO)N(C)/[N+]([O-])=N/OC(C)Cl. The number of nitrogens with zero attached hydrogens (tertiary/aromatic N) is 3. The van der Waals surface area contributed by atoms with E-state index in [1.807, 2.05) is 13.8 Å². The fraction of sp³-hybridized carbons (Fsp3) is 1.00. The average Bonchev–Trinajstić information content (AvgIpc) is 2.26. The summed E-state index contributed by atoms with van der Waals surface area (Å²) in [5.41, 5.74) is -0.666. The standard InChI is InChI=1S/C9H20ClN3O3/c1-5-7(2)9(6-14)12(4)13(15)11-16-8(3)10/h7-9,14H,5-6H2,1-4H3/b13-11-/t7-,8?,9-/m1/s1. The minimum atomic E-state index is -0.666. The Hall–Kier alpha value is -0.750. The van der Waals surface area contributed by atoms with Gasteiger partial charge in [0.05, 0.1) is 18.6 Å². The van der Waals surface area contributed by atoms with Crippen LogP contribution in [0, 0.1) is 11.1 Å². The third-order valence-corrected chi connectivity index (χ3v) is 2.58. The summed E-state index contributed by atoms with van der Waals surface area (Å²) in [6.45, 7) is 5.38. The van der Waals surface area contributed by atoms with E-state index in [1.54, 1.807) is 14.0 Å². The van der Waals surface area contributed by atoms with Crippen LogP contribution in [0.2, 0.25) is 0 Å². The highest BCUT2D eigenvalue weighted by Crippen LogP contribution is 2.13. The molecule has 0 amide bonds. The maximum absolute atomic E-state index is 11.4. The highest BCUT2D eigenvalue weighted by molar-refractivity contribution is 6.19. The van der Waals surface area contributed by atoms with Gasteiger partial charge in [0.15, 0.2) is 0 Å². The molecule has 0 saturated carbocycles. The van der Waals surface area contributed by atoms with E-state index in [4.69, 9.17) is 11.6 Å². The summed E-state index contributed by atoms with van der Waals surface area (Å²) in [4.78, 5) is 4.91. The zero-order valence-corrected chi connectivity index (χ0v) is 10.9. The molecule has 0 aromatic heterocycles. The van der Waals surface area contributed by atoms with Gasteiger partial charge in [-0.2, -0.15) is 0 Å². The molecule has 0 aliphatic rings. The van der Waals surface area contributed by atoms with E-state index < -0.39 is 5.56 Å². The molecule has 0 rings (SSSR count). The predicted octanol–water partition coefficient (Wildman–Crippen LogP) is 1.72. The molecule has 0 heterocycles. The molecule has 0 aromatic rings. The van der Waals surface area contributed by atoms with Crippen LogP contribution in [0.4, 0.5) is 0 Å². The van der Waals surface area contributed by atoms with Crippen molar-refractivity contribution in [3.05, 3.63) is 5.21 Å². The molecular formula is C9H20ClN3O3. The van der Waals surface area contributed by atoms with Crippen LogP contribution in [0.25, 0.3) is 0 Å². The molecule has 0 saturated heterocycles. The topological polar surface area (TPSA) is 71.1 Å². The third-order valence-electron chi connectivity index (χ3n) is 2.50. The normalized spacial score (nSPS) is 17.8. The number of aliphatic hydroxyl groups excluding tert-OH is 1. The van der Waals surface area contributed by atoms with Crippen LogP contribution in [-0.4, -0.2) is 40.3 Å². The number of hydrogen-bond acceptors (Lipinski definition) is 4. The summed E-state index contributed by atoms with van der Waals surface area (Å²) in [6, 6.07) is -0.291. The van der Waals surface area contributed by atoms with Crippen molar-refractivity contribution in [3.8, 4) is 0 Å². The van der Waals surface area contributed by atoms with Gasteiger partial charge in [0.2, 0.25) is 10.8 Å². The second-order valence-electron chi connectivity index (χ2n) is 3.69. The minimum absolute atomic E-state index is 0.115. The third kappa shape index (κ3) is 4.85. The van der Waals surface area contributed by atoms with E-state index in [9.17, 15) is 10.3 Å². The van der Waals surface area contributed by atoms with Gasteiger partial charge >= 0.3 is 0 Å². The molecule has 6 nitrogen and oxygen atoms in total. The number of likely N-dealkylation sites (N-methyl/N-ethyl adjacent to an activating group) is 1. The zero-order chi connectivity index (χ0) is 12.7. The van der Waals surface area contributed by atoms with Crippen molar-refractivity contribution < 1.29 is 14.9 Å². The Balaban J connectivity index is 4.48. The van der Waals surface area contributed by atoms with E-state index >= 15 is 0 Å². The van der Waals surface area contributed by atoms with Crippen LogP contribution in [0.1, 0.15) is 27.2 Å². The fourth-order valence-corrected chi connectivity index (χ4v) is 1.26. The molecule has 16 heavy (non-hydrogen) atoms. The van der Waals surface area contributed by atoms with Gasteiger partial charge in [0.1, 0.15) is 6.04 Å². The van der Waals surface area contributed by atoms with E-state index in [-0.39, 0.29) is 18.6 Å². The smallest absolute Gasteiger partial charge is 0.234 e. The molecule has 0 radical (unpaired) electrons. The summed E-state index contributed by atoms with van der Waals surface area (Å²) >= 11 is 5.48. The Kier molecular flexibility index (Phi) is 7.16. The largest absolute Gasteiger partial charge is 0.569 e. The van der Waals surface area contributed by atoms with Crippen molar-refractivity contribution >= 4 is 11.6 Å². The number of rotatable bonds is 7. The molecule has 0 fully saturated rings. The predicted molar refractivity (Wildman–Crippen MR) is 60.5 cm³/mol. The summed E-state index contributed by atoms with van der Waals surface area (Å²) in [7, 11) is 1.55. The van der Waals surface area contributed by atoms with Crippen molar-refractivity contribution in [1.82, 2.24) is 5.01 Å². The first-order valence-electron chi connectivity index (χ1n) is 5.25. The molecule has 0 aliphatic carbocycles. The first kappa shape index (κ1) is 15.2. The fourth-order valence-electron chi connectivity index (χ4n) is 1.23. The molecule has 7 heteroatoms. The Morgan fingerprint density at radius 2 is 2.12 bits per heavy atom. The van der Waals surface area contributed by atoms with Crippen LogP contribution in [0.5, 0.6) is 0 Å². The Morgan fingerprint density at radius 1 is 1.56 bits per heavy atom. The number of alkyl halides is 1. The second-order valence-corrected chi connectivity index (χ2v) is 4.31. The maximum Gasteiger partial charge on any atom is 0.234 e. The summed E-state index contributed by atoms with van der Waals surface area (Å²) in [6.07, 6.45) is 0.857. The quantitative estimate of drug-likeness (QED) is 0.325. The van der Waals surface area contributed by atoms with Gasteiger partial charge in [0, 0.05) is 0 Å². The summed E-state index contributed by atoms with van der Waals surface area (Å²) in [5.74, 6) is 0.176. The second kappa shape index (κ2) is 7.51. The lowest BCUT2D eigenvalue weighted by Gasteiger charge is -2.26. The molecule has 1 N–H and O–H groups in total. The molecule has 0 aliphatic heterocycles. The van der Waals surface area contributed by atoms with Crippen LogP contribution in [0.3, 0.4) is 0 Å². The van der Waals surface area contributed by atoms with Crippen molar-refractivity contribution in [2.75, 3.05) is 13.7 Å². The Bertz CT molecular complexity index is 226. The van der Waals surface area contributed by atoms with Gasteiger partial charge in [-0.05, 0) is 12.8 Å². The van der Waals surface area contributed by atoms with Gasteiger partial charge in [0.25, 0.3) is 0 Å². The van der Waals surface area contributed by atoms with Gasteiger partial charge in [-0.1, -0.05) is 31.9 Å². The van der Waals surface area contributed by atoms with Crippen molar-refractivity contribution in [2.45, 2.75) is 38.8 Å². The van der Waals surface area contributed by atoms with Crippen molar-refractivity contribution in [2.24, 2.45) is 11.2 Å². The van der Waals surface area contributed by atoms with Crippen LogP contribution in [-0.2, 0) is 4.84 Å². The molecule has 3 atom stereocenters. The lowest BCUT2D eigenvalue weighted by molar-refractivity contribution is -0.715. The highest BCUT2D eigenvalue weighted by Gasteiger charge is 2.25. The number of halogens is 1.